The molecule has 4 rings (SSSR count). The highest BCUT2D eigenvalue weighted by Gasteiger charge is 2.27. The maximum Gasteiger partial charge on any atom is 0.320 e. The molecule has 2 aliphatic heterocycles. The highest BCUT2D eigenvalue weighted by Crippen LogP contribution is 2.19. The number of carbonyl (C=O) groups excluding carboxylic acids is 1. The second kappa shape index (κ2) is 6.26. The van der Waals surface area contributed by atoms with E-state index in [0.717, 1.165) is 63.6 Å². The van der Waals surface area contributed by atoms with Crippen LogP contribution in [0.2, 0.25) is 0 Å². The maximum absolute atomic E-state index is 12.6. The monoisotopic (exact) mass is 329 g/mol. The number of carbonyl (C=O) groups is 1. The van der Waals surface area contributed by atoms with Gasteiger partial charge in [-0.05, 0) is 26.2 Å². The number of hydrogen-bond donors (Lipinski definition) is 0. The van der Waals surface area contributed by atoms with Crippen LogP contribution in [0.3, 0.4) is 0 Å². The molecule has 2 aromatic heterocycles. The summed E-state index contributed by atoms with van der Waals surface area (Å²) in [5.74, 6) is 1.62. The van der Waals surface area contributed by atoms with Gasteiger partial charge in [0.1, 0.15) is 12.1 Å². The molecule has 8 nitrogen and oxygen atoms in total. The predicted octanol–water partition coefficient (Wildman–Crippen LogP) is 1.16. The van der Waals surface area contributed by atoms with Crippen LogP contribution in [-0.4, -0.2) is 74.7 Å². The van der Waals surface area contributed by atoms with E-state index in [1.165, 1.54) is 12.7 Å². The summed E-state index contributed by atoms with van der Waals surface area (Å²) in [6, 6.07) is 2.23. The average Bonchev–Trinajstić information content (AvgIpc) is 3.09. The molecule has 2 saturated heterocycles. The van der Waals surface area contributed by atoms with Crippen molar-refractivity contribution in [3.63, 3.8) is 0 Å². The quantitative estimate of drug-likeness (QED) is 0.785. The zero-order valence-corrected chi connectivity index (χ0v) is 14.1. The lowest BCUT2D eigenvalue weighted by atomic mass is 10.1. The number of amides is 2. The van der Waals surface area contributed by atoms with Crippen LogP contribution < -0.4 is 4.90 Å². The molecule has 24 heavy (non-hydrogen) atoms. The fraction of sp³-hybridized carbons (Fsp3) is 0.625. The van der Waals surface area contributed by atoms with Crippen LogP contribution in [0.15, 0.2) is 12.4 Å². The molecular weight excluding hydrogens is 306 g/mol. The second-order valence-electron chi connectivity index (χ2n) is 6.53. The lowest BCUT2D eigenvalue weighted by molar-refractivity contribution is 0.141. The Morgan fingerprint density at radius 3 is 2.46 bits per heavy atom. The molecule has 0 aliphatic carbocycles. The average molecular weight is 329 g/mol. The van der Waals surface area contributed by atoms with Crippen molar-refractivity contribution in [3.05, 3.63) is 18.1 Å². The first-order valence-electron chi connectivity index (χ1n) is 8.68. The van der Waals surface area contributed by atoms with Crippen LogP contribution >= 0.6 is 0 Å². The van der Waals surface area contributed by atoms with E-state index in [0.29, 0.717) is 5.78 Å². The maximum atomic E-state index is 12.6. The van der Waals surface area contributed by atoms with E-state index in [-0.39, 0.29) is 6.03 Å². The van der Waals surface area contributed by atoms with E-state index in [2.05, 4.69) is 20.0 Å². The number of piperidine rings is 1. The van der Waals surface area contributed by atoms with Crippen molar-refractivity contribution in [2.24, 2.45) is 0 Å². The third kappa shape index (κ3) is 2.76. The molecule has 128 valence electrons. The van der Waals surface area contributed by atoms with E-state index < -0.39 is 0 Å². The van der Waals surface area contributed by atoms with Crippen molar-refractivity contribution in [1.29, 1.82) is 0 Å². The van der Waals surface area contributed by atoms with E-state index in [1.807, 2.05) is 22.8 Å². The minimum atomic E-state index is 0.200. The fourth-order valence-corrected chi connectivity index (χ4v) is 3.55. The number of nitrogens with zero attached hydrogens (tertiary/aromatic N) is 7. The minimum Gasteiger partial charge on any atom is -0.353 e. The zero-order valence-electron chi connectivity index (χ0n) is 14.1. The Labute approximate surface area is 141 Å². The van der Waals surface area contributed by atoms with Crippen LogP contribution in [0.25, 0.3) is 5.78 Å². The SMILES string of the molecule is Cc1cc(N2CCN(C(=O)N3CCCCC3)CC2)n2ncnc2n1. The van der Waals surface area contributed by atoms with Crippen LogP contribution in [0.1, 0.15) is 25.0 Å². The standard InChI is InChI=1S/C16H23N7O/c1-13-11-14(23-15(19-13)17-12-18-23)20-7-9-22(10-8-20)16(24)21-5-3-2-4-6-21/h11-12H,2-10H2,1H3. The summed E-state index contributed by atoms with van der Waals surface area (Å²) in [4.78, 5) is 27.4. The molecule has 0 saturated carbocycles. The van der Waals surface area contributed by atoms with Crippen molar-refractivity contribution >= 4 is 17.6 Å². The summed E-state index contributed by atoms with van der Waals surface area (Å²) in [6.45, 7) is 6.87. The Hall–Kier alpha value is -2.38. The van der Waals surface area contributed by atoms with Crippen LogP contribution in [-0.2, 0) is 0 Å². The summed E-state index contributed by atoms with van der Waals surface area (Å²) in [5, 5.41) is 4.28. The zero-order chi connectivity index (χ0) is 16.5. The summed E-state index contributed by atoms with van der Waals surface area (Å²) in [6.07, 6.45) is 5.03. The van der Waals surface area contributed by atoms with Gasteiger partial charge in [-0.3, -0.25) is 0 Å². The molecule has 0 spiro atoms. The largest absolute Gasteiger partial charge is 0.353 e. The van der Waals surface area contributed by atoms with Crippen LogP contribution in [0.5, 0.6) is 0 Å². The highest BCUT2D eigenvalue weighted by atomic mass is 16.2. The molecule has 0 atom stereocenters. The van der Waals surface area contributed by atoms with Gasteiger partial charge >= 0.3 is 6.03 Å². The lowest BCUT2D eigenvalue weighted by Crippen LogP contribution is -2.54. The summed E-state index contributed by atoms with van der Waals surface area (Å²) >= 11 is 0. The molecule has 8 heteroatoms. The van der Waals surface area contributed by atoms with Crippen molar-refractivity contribution in [1.82, 2.24) is 29.4 Å². The van der Waals surface area contributed by atoms with Gasteiger partial charge in [-0.2, -0.15) is 14.6 Å². The van der Waals surface area contributed by atoms with E-state index in [9.17, 15) is 4.79 Å². The van der Waals surface area contributed by atoms with Crippen molar-refractivity contribution in [2.45, 2.75) is 26.2 Å². The molecule has 4 heterocycles. The first kappa shape index (κ1) is 15.2. The molecule has 2 amide bonds. The highest BCUT2D eigenvalue weighted by molar-refractivity contribution is 5.75. The van der Waals surface area contributed by atoms with Gasteiger partial charge in [0.25, 0.3) is 5.78 Å². The molecule has 2 fully saturated rings. The third-order valence-corrected chi connectivity index (χ3v) is 4.86. The smallest absolute Gasteiger partial charge is 0.320 e. The minimum absolute atomic E-state index is 0.200. The first-order chi connectivity index (χ1) is 11.7. The molecule has 0 bridgehead atoms. The summed E-state index contributed by atoms with van der Waals surface area (Å²) < 4.78 is 1.77. The number of aryl methyl sites for hydroxylation is 1. The number of likely N-dealkylation sites (tertiary alicyclic amines) is 1. The third-order valence-electron chi connectivity index (χ3n) is 4.86. The Morgan fingerprint density at radius 1 is 1.00 bits per heavy atom. The number of anilines is 1. The Kier molecular flexibility index (Phi) is 3.95. The van der Waals surface area contributed by atoms with Gasteiger partial charge in [-0.1, -0.05) is 0 Å². The molecule has 0 radical (unpaired) electrons. The van der Waals surface area contributed by atoms with Gasteiger partial charge in [0.05, 0.1) is 0 Å². The van der Waals surface area contributed by atoms with Crippen molar-refractivity contribution in [3.8, 4) is 0 Å². The lowest BCUT2D eigenvalue weighted by Gasteiger charge is -2.39. The number of piperazine rings is 1. The molecule has 0 aromatic carbocycles. The van der Waals surface area contributed by atoms with E-state index >= 15 is 0 Å². The molecule has 0 N–H and O–H groups in total. The van der Waals surface area contributed by atoms with Crippen LogP contribution in [0.4, 0.5) is 10.6 Å². The Bertz CT molecular complexity index is 729. The number of aromatic nitrogens is 4. The van der Waals surface area contributed by atoms with E-state index in [1.54, 1.807) is 4.52 Å². The van der Waals surface area contributed by atoms with Gasteiger partial charge in [-0.25, -0.2) is 9.78 Å². The summed E-state index contributed by atoms with van der Waals surface area (Å²) in [5.41, 5.74) is 0.928. The van der Waals surface area contributed by atoms with Crippen LogP contribution in [0, 0.1) is 6.92 Å². The van der Waals surface area contributed by atoms with Crippen molar-refractivity contribution in [2.75, 3.05) is 44.2 Å². The molecule has 2 aromatic rings. The summed E-state index contributed by atoms with van der Waals surface area (Å²) in [7, 11) is 0. The van der Waals surface area contributed by atoms with E-state index in [4.69, 9.17) is 0 Å². The normalized spacial score (nSPS) is 19.1. The molecule has 0 unspecified atom stereocenters. The topological polar surface area (TPSA) is 69.9 Å². The van der Waals surface area contributed by atoms with Gasteiger partial charge < -0.3 is 14.7 Å². The molecule has 2 aliphatic rings. The second-order valence-corrected chi connectivity index (χ2v) is 6.53. The number of fused-ring (bicyclic) bond motifs is 1. The fourth-order valence-electron chi connectivity index (χ4n) is 3.55. The van der Waals surface area contributed by atoms with Gasteiger partial charge in [0, 0.05) is 51.0 Å². The Balaban J connectivity index is 1.45. The first-order valence-corrected chi connectivity index (χ1v) is 8.68. The van der Waals surface area contributed by atoms with Crippen molar-refractivity contribution < 1.29 is 4.79 Å². The van der Waals surface area contributed by atoms with Gasteiger partial charge in [0.2, 0.25) is 0 Å². The number of urea groups is 1. The van der Waals surface area contributed by atoms with Gasteiger partial charge in [-0.15, -0.1) is 0 Å². The molecular formula is C16H23N7O. The Morgan fingerprint density at radius 2 is 1.71 bits per heavy atom. The number of hydrogen-bond acceptors (Lipinski definition) is 5. The predicted molar refractivity (Wildman–Crippen MR) is 90.1 cm³/mol. The van der Waals surface area contributed by atoms with Gasteiger partial charge in [0.15, 0.2) is 0 Å². The number of rotatable bonds is 1.